The van der Waals surface area contributed by atoms with Crippen molar-refractivity contribution in [3.63, 3.8) is 0 Å². The van der Waals surface area contributed by atoms with Crippen LogP contribution in [0.1, 0.15) is 0 Å². The molecule has 2 N–H and O–H groups in total. The molecule has 2 aromatic carbocycles. The van der Waals surface area contributed by atoms with Crippen LogP contribution in [0.15, 0.2) is 36.4 Å². The van der Waals surface area contributed by atoms with E-state index in [0.717, 1.165) is 21.7 Å². The van der Waals surface area contributed by atoms with E-state index < -0.39 is 0 Å². The van der Waals surface area contributed by atoms with E-state index in [1.807, 2.05) is 36.4 Å². The molecule has 116 valence electrons. The maximum Gasteiger partial charge on any atom is 0.231 e. The molecule has 0 bridgehead atoms. The van der Waals surface area contributed by atoms with Gasteiger partial charge in [-0.1, -0.05) is 29.0 Å². The first-order valence-electron chi connectivity index (χ1n) is 6.72. The molecule has 0 unspecified atom stereocenters. The van der Waals surface area contributed by atoms with E-state index in [0.29, 0.717) is 21.0 Å². The highest BCUT2D eigenvalue weighted by molar-refractivity contribution is 7.80. The molecule has 0 radical (unpaired) electrons. The van der Waals surface area contributed by atoms with E-state index in [1.165, 1.54) is 11.3 Å². The summed E-state index contributed by atoms with van der Waals surface area (Å²) in [5.74, 6) is 1.43. The molecule has 5 nitrogen and oxygen atoms in total. The number of thiazole rings is 1. The zero-order valence-corrected chi connectivity index (χ0v) is 14.0. The Morgan fingerprint density at radius 3 is 2.91 bits per heavy atom. The molecule has 1 aliphatic rings. The SMILES string of the molecule is S=C(Nc1ccc2c(c1)OCO2)Nc1nc2c(Cl)cccc2s1. The van der Waals surface area contributed by atoms with E-state index >= 15 is 0 Å². The van der Waals surface area contributed by atoms with Gasteiger partial charge in [0.05, 0.1) is 9.72 Å². The summed E-state index contributed by atoms with van der Waals surface area (Å²) in [5, 5.41) is 7.93. The van der Waals surface area contributed by atoms with Crippen molar-refractivity contribution in [3.8, 4) is 11.5 Å². The number of halogens is 1. The lowest BCUT2D eigenvalue weighted by molar-refractivity contribution is 0.174. The lowest BCUT2D eigenvalue weighted by atomic mass is 10.3. The number of nitrogens with one attached hydrogen (secondary N) is 2. The third-order valence-electron chi connectivity index (χ3n) is 3.22. The Labute approximate surface area is 146 Å². The van der Waals surface area contributed by atoms with E-state index in [2.05, 4.69) is 15.6 Å². The molecular formula is C15H10ClN3O2S2. The first-order valence-corrected chi connectivity index (χ1v) is 8.32. The zero-order valence-electron chi connectivity index (χ0n) is 11.6. The number of hydrogen-bond donors (Lipinski definition) is 2. The van der Waals surface area contributed by atoms with Gasteiger partial charge in [0.25, 0.3) is 0 Å². The minimum atomic E-state index is 0.244. The predicted molar refractivity (Wildman–Crippen MR) is 97.0 cm³/mol. The van der Waals surface area contributed by atoms with Gasteiger partial charge in [0.15, 0.2) is 21.7 Å². The van der Waals surface area contributed by atoms with E-state index in [4.69, 9.17) is 33.3 Å². The molecule has 0 amide bonds. The van der Waals surface area contributed by atoms with Gasteiger partial charge in [-0.2, -0.15) is 0 Å². The molecule has 1 aromatic heterocycles. The molecular weight excluding hydrogens is 354 g/mol. The molecule has 23 heavy (non-hydrogen) atoms. The fraction of sp³-hybridized carbons (Fsp3) is 0.0667. The van der Waals surface area contributed by atoms with Crippen molar-refractivity contribution in [1.82, 2.24) is 4.98 Å². The lowest BCUT2D eigenvalue weighted by Gasteiger charge is -2.08. The number of thiocarbonyl (C=S) groups is 1. The number of ether oxygens (including phenoxy) is 2. The van der Waals surface area contributed by atoms with Crippen molar-refractivity contribution in [2.24, 2.45) is 0 Å². The van der Waals surface area contributed by atoms with Crippen LogP contribution < -0.4 is 20.1 Å². The Bertz CT molecular complexity index is 913. The van der Waals surface area contributed by atoms with Gasteiger partial charge in [-0.3, -0.25) is 0 Å². The predicted octanol–water partition coefficient (Wildman–Crippen LogP) is 4.49. The number of nitrogens with zero attached hydrogens (tertiary/aromatic N) is 1. The summed E-state index contributed by atoms with van der Waals surface area (Å²) in [5.41, 5.74) is 1.58. The van der Waals surface area contributed by atoms with Gasteiger partial charge in [-0.25, -0.2) is 4.98 Å². The monoisotopic (exact) mass is 363 g/mol. The first-order chi connectivity index (χ1) is 11.2. The Morgan fingerprint density at radius 2 is 2.04 bits per heavy atom. The van der Waals surface area contributed by atoms with Gasteiger partial charge in [-0.15, -0.1) is 0 Å². The highest BCUT2D eigenvalue weighted by atomic mass is 35.5. The van der Waals surface area contributed by atoms with Crippen molar-refractivity contribution in [2.75, 3.05) is 17.4 Å². The third-order valence-corrected chi connectivity index (χ3v) is 4.67. The summed E-state index contributed by atoms with van der Waals surface area (Å²) >= 11 is 12.9. The second-order valence-electron chi connectivity index (χ2n) is 4.75. The average Bonchev–Trinajstić information content (AvgIpc) is 3.13. The molecule has 0 aliphatic carbocycles. The molecule has 0 atom stereocenters. The lowest BCUT2D eigenvalue weighted by Crippen LogP contribution is -2.18. The number of hydrogen-bond acceptors (Lipinski definition) is 5. The van der Waals surface area contributed by atoms with Crippen LogP contribution in [-0.2, 0) is 0 Å². The Balaban J connectivity index is 1.49. The molecule has 2 heterocycles. The second-order valence-corrected chi connectivity index (χ2v) is 6.60. The highest BCUT2D eigenvalue weighted by Gasteiger charge is 2.14. The molecule has 0 fully saturated rings. The van der Waals surface area contributed by atoms with Crippen molar-refractivity contribution in [2.45, 2.75) is 0 Å². The number of rotatable bonds is 2. The molecule has 0 saturated heterocycles. The fourth-order valence-corrected chi connectivity index (χ4v) is 3.65. The van der Waals surface area contributed by atoms with Gasteiger partial charge in [-0.05, 0) is 36.5 Å². The van der Waals surface area contributed by atoms with Gasteiger partial charge in [0, 0.05) is 11.8 Å². The van der Waals surface area contributed by atoms with Crippen LogP contribution in [-0.4, -0.2) is 16.9 Å². The normalized spacial score (nSPS) is 12.4. The van der Waals surface area contributed by atoms with Crippen molar-refractivity contribution < 1.29 is 9.47 Å². The molecule has 8 heteroatoms. The fourth-order valence-electron chi connectivity index (χ4n) is 2.20. The summed E-state index contributed by atoms with van der Waals surface area (Å²) in [6, 6.07) is 11.2. The second kappa shape index (κ2) is 5.84. The van der Waals surface area contributed by atoms with E-state index in [-0.39, 0.29) is 6.79 Å². The summed E-state index contributed by atoms with van der Waals surface area (Å²) in [4.78, 5) is 4.45. The van der Waals surface area contributed by atoms with Gasteiger partial charge >= 0.3 is 0 Å². The molecule has 0 spiro atoms. The Kier molecular flexibility index (Phi) is 3.68. The van der Waals surface area contributed by atoms with Crippen molar-refractivity contribution >= 4 is 61.3 Å². The van der Waals surface area contributed by atoms with Crippen LogP contribution in [0, 0.1) is 0 Å². The maximum absolute atomic E-state index is 6.13. The van der Waals surface area contributed by atoms with Crippen molar-refractivity contribution in [3.05, 3.63) is 41.4 Å². The minimum absolute atomic E-state index is 0.244. The number of fused-ring (bicyclic) bond motifs is 2. The largest absolute Gasteiger partial charge is 0.454 e. The van der Waals surface area contributed by atoms with E-state index in [9.17, 15) is 0 Å². The molecule has 3 aromatic rings. The van der Waals surface area contributed by atoms with Crippen LogP contribution in [0.3, 0.4) is 0 Å². The number of aromatic nitrogens is 1. The summed E-state index contributed by atoms with van der Waals surface area (Å²) in [6.45, 7) is 0.244. The Hall–Kier alpha value is -2.09. The summed E-state index contributed by atoms with van der Waals surface area (Å²) < 4.78 is 11.6. The van der Waals surface area contributed by atoms with Crippen LogP contribution >= 0.6 is 35.2 Å². The molecule has 4 rings (SSSR count). The van der Waals surface area contributed by atoms with Crippen LogP contribution in [0.2, 0.25) is 5.02 Å². The van der Waals surface area contributed by atoms with Gasteiger partial charge in [0.2, 0.25) is 6.79 Å². The molecule has 0 saturated carbocycles. The topological polar surface area (TPSA) is 55.4 Å². The summed E-state index contributed by atoms with van der Waals surface area (Å²) in [7, 11) is 0. The van der Waals surface area contributed by atoms with Crippen LogP contribution in [0.4, 0.5) is 10.8 Å². The van der Waals surface area contributed by atoms with Crippen LogP contribution in [0.25, 0.3) is 10.2 Å². The number of anilines is 2. The average molecular weight is 364 g/mol. The highest BCUT2D eigenvalue weighted by Crippen LogP contribution is 2.34. The molecule has 1 aliphatic heterocycles. The maximum atomic E-state index is 6.13. The van der Waals surface area contributed by atoms with E-state index in [1.54, 1.807) is 0 Å². The Morgan fingerprint density at radius 1 is 1.17 bits per heavy atom. The number of para-hydroxylation sites is 1. The summed E-state index contributed by atoms with van der Waals surface area (Å²) in [6.07, 6.45) is 0. The van der Waals surface area contributed by atoms with Crippen molar-refractivity contribution in [1.29, 1.82) is 0 Å². The quantitative estimate of drug-likeness (QED) is 0.654. The van der Waals surface area contributed by atoms with Gasteiger partial charge < -0.3 is 20.1 Å². The standard InChI is InChI=1S/C15H10ClN3O2S2/c16-9-2-1-3-12-13(9)18-15(23-12)19-14(22)17-8-4-5-10-11(6-8)21-7-20-10/h1-6H,7H2,(H2,17,18,19,22). The smallest absolute Gasteiger partial charge is 0.231 e. The number of benzene rings is 2. The minimum Gasteiger partial charge on any atom is -0.454 e. The van der Waals surface area contributed by atoms with Gasteiger partial charge in [0.1, 0.15) is 5.52 Å². The first kappa shape index (κ1) is 14.5. The van der Waals surface area contributed by atoms with Crippen LogP contribution in [0.5, 0.6) is 11.5 Å². The zero-order chi connectivity index (χ0) is 15.8. The third kappa shape index (κ3) is 2.90.